The van der Waals surface area contributed by atoms with Crippen LogP contribution >= 0.6 is 0 Å². The summed E-state index contributed by atoms with van der Waals surface area (Å²) in [6, 6.07) is 7.18. The van der Waals surface area contributed by atoms with Crippen molar-refractivity contribution in [3.8, 4) is 0 Å². The Bertz CT molecular complexity index is 648. The Morgan fingerprint density at radius 3 is 2.24 bits per heavy atom. The summed E-state index contributed by atoms with van der Waals surface area (Å²) in [4.78, 5) is 14.1. The molecule has 2 rings (SSSR count). The number of nitrogens with zero attached hydrogens (tertiary/aromatic N) is 1. The molecule has 0 spiro atoms. The van der Waals surface area contributed by atoms with Gasteiger partial charge in [-0.1, -0.05) is 44.7 Å². The quantitative estimate of drug-likeness (QED) is 0.754. The largest absolute Gasteiger partial charge is 0.339 e. The molecule has 0 heterocycles. The number of hydrogen-bond donors (Lipinski definition) is 1. The fourth-order valence-corrected chi connectivity index (χ4v) is 4.48. The second kappa shape index (κ2) is 9.34. The molecule has 0 unspecified atom stereocenters. The van der Waals surface area contributed by atoms with E-state index >= 15 is 0 Å². The number of rotatable bonds is 7. The van der Waals surface area contributed by atoms with E-state index < -0.39 is 10.0 Å². The summed E-state index contributed by atoms with van der Waals surface area (Å²) in [5.41, 5.74) is 1.11. The normalized spacial score (nSPS) is 16.4. The van der Waals surface area contributed by atoms with Crippen LogP contribution in [0.2, 0.25) is 0 Å². The second-order valence-electron chi connectivity index (χ2n) is 6.75. The summed E-state index contributed by atoms with van der Waals surface area (Å²) in [6.45, 7) is 4.27. The van der Waals surface area contributed by atoms with Gasteiger partial charge in [0.15, 0.2) is 0 Å². The lowest BCUT2D eigenvalue weighted by molar-refractivity contribution is -0.131. The molecule has 140 valence electrons. The first-order valence-corrected chi connectivity index (χ1v) is 10.8. The van der Waals surface area contributed by atoms with Crippen LogP contribution in [0.1, 0.15) is 57.9 Å². The third kappa shape index (κ3) is 5.82. The topological polar surface area (TPSA) is 66.5 Å². The second-order valence-corrected chi connectivity index (χ2v) is 8.52. The van der Waals surface area contributed by atoms with E-state index in [0.29, 0.717) is 6.54 Å². The van der Waals surface area contributed by atoms with Crippen molar-refractivity contribution < 1.29 is 13.2 Å². The molecule has 1 saturated carbocycles. The van der Waals surface area contributed by atoms with Crippen LogP contribution < -0.4 is 4.72 Å². The first-order chi connectivity index (χ1) is 11.9. The van der Waals surface area contributed by atoms with Crippen molar-refractivity contribution in [1.82, 2.24) is 9.62 Å². The van der Waals surface area contributed by atoms with E-state index in [2.05, 4.69) is 4.72 Å². The molecule has 1 fully saturated rings. The molecule has 0 bridgehead atoms. The Balaban J connectivity index is 1.94. The summed E-state index contributed by atoms with van der Waals surface area (Å²) in [5, 5.41) is 0. The van der Waals surface area contributed by atoms with Crippen molar-refractivity contribution in [2.24, 2.45) is 0 Å². The average molecular weight is 367 g/mol. The van der Waals surface area contributed by atoms with Crippen LogP contribution in [0, 0.1) is 0 Å². The standard InChI is InChI=1S/C19H30N2O3S/c1-3-17-10-12-19(13-11-17)25(23,24)20-14-15-21(16(2)22)18-8-6-4-5-7-9-18/h10-13,18,20H,3-9,14-15H2,1-2H3. The van der Waals surface area contributed by atoms with Crippen molar-refractivity contribution in [1.29, 1.82) is 0 Å². The SMILES string of the molecule is CCc1ccc(S(=O)(=O)NCCN(C(C)=O)C2CCCCCC2)cc1. The molecule has 0 aliphatic heterocycles. The van der Waals surface area contributed by atoms with E-state index in [9.17, 15) is 13.2 Å². The van der Waals surface area contributed by atoms with E-state index in [1.54, 1.807) is 19.1 Å². The number of amides is 1. The van der Waals surface area contributed by atoms with E-state index in [0.717, 1.165) is 37.7 Å². The summed E-state index contributed by atoms with van der Waals surface area (Å²) in [5.74, 6) is 0.0263. The zero-order valence-corrected chi connectivity index (χ0v) is 16.1. The van der Waals surface area contributed by atoms with Gasteiger partial charge in [0.25, 0.3) is 0 Å². The molecule has 1 aromatic rings. The van der Waals surface area contributed by atoms with Gasteiger partial charge in [-0.3, -0.25) is 4.79 Å². The van der Waals surface area contributed by atoms with Crippen LogP contribution in [0.5, 0.6) is 0 Å². The molecular formula is C19H30N2O3S. The first-order valence-electron chi connectivity index (χ1n) is 9.30. The van der Waals surface area contributed by atoms with Crippen molar-refractivity contribution in [2.75, 3.05) is 13.1 Å². The fraction of sp³-hybridized carbons (Fsp3) is 0.632. The summed E-state index contributed by atoms with van der Waals surface area (Å²) in [6.07, 6.45) is 7.65. The van der Waals surface area contributed by atoms with Gasteiger partial charge >= 0.3 is 0 Å². The maximum Gasteiger partial charge on any atom is 0.240 e. The minimum Gasteiger partial charge on any atom is -0.339 e. The van der Waals surface area contributed by atoms with Crippen molar-refractivity contribution in [2.45, 2.75) is 69.7 Å². The Labute approximate surface area is 151 Å². The molecule has 1 aromatic carbocycles. The highest BCUT2D eigenvalue weighted by Gasteiger charge is 2.22. The number of carbonyl (C=O) groups excluding carboxylic acids is 1. The summed E-state index contributed by atoms with van der Waals surface area (Å²) >= 11 is 0. The molecule has 0 saturated heterocycles. The van der Waals surface area contributed by atoms with Crippen LogP contribution in [0.25, 0.3) is 0 Å². The Morgan fingerprint density at radius 1 is 1.12 bits per heavy atom. The van der Waals surface area contributed by atoms with Gasteiger partial charge in [0, 0.05) is 26.1 Å². The van der Waals surface area contributed by atoms with Gasteiger partial charge in [0.2, 0.25) is 15.9 Å². The Hall–Kier alpha value is -1.40. The number of hydrogen-bond acceptors (Lipinski definition) is 3. The lowest BCUT2D eigenvalue weighted by Gasteiger charge is -2.30. The predicted octanol–water partition coefficient (Wildman–Crippen LogP) is 3.10. The molecule has 0 atom stereocenters. The first kappa shape index (κ1) is 19.9. The van der Waals surface area contributed by atoms with Crippen molar-refractivity contribution >= 4 is 15.9 Å². The number of carbonyl (C=O) groups is 1. The highest BCUT2D eigenvalue weighted by Crippen LogP contribution is 2.22. The maximum absolute atomic E-state index is 12.4. The van der Waals surface area contributed by atoms with Crippen LogP contribution in [0.15, 0.2) is 29.2 Å². The van der Waals surface area contributed by atoms with E-state index in [4.69, 9.17) is 0 Å². The smallest absolute Gasteiger partial charge is 0.240 e. The zero-order chi connectivity index (χ0) is 18.3. The van der Waals surface area contributed by atoms with Crippen LogP contribution in [0.4, 0.5) is 0 Å². The minimum atomic E-state index is -3.53. The summed E-state index contributed by atoms with van der Waals surface area (Å²) in [7, 11) is -3.53. The number of benzene rings is 1. The zero-order valence-electron chi connectivity index (χ0n) is 15.3. The average Bonchev–Trinajstić information content (AvgIpc) is 2.87. The monoisotopic (exact) mass is 366 g/mol. The number of aryl methyl sites for hydroxylation is 1. The van der Waals surface area contributed by atoms with E-state index in [1.165, 1.54) is 12.8 Å². The van der Waals surface area contributed by atoms with Gasteiger partial charge in [-0.15, -0.1) is 0 Å². The molecule has 0 aromatic heterocycles. The van der Waals surface area contributed by atoms with Crippen molar-refractivity contribution in [3.63, 3.8) is 0 Å². The van der Waals surface area contributed by atoms with Gasteiger partial charge in [-0.25, -0.2) is 13.1 Å². The third-order valence-electron chi connectivity index (χ3n) is 4.96. The lowest BCUT2D eigenvalue weighted by Crippen LogP contribution is -2.43. The summed E-state index contributed by atoms with van der Waals surface area (Å²) < 4.78 is 27.4. The molecule has 1 aliphatic rings. The van der Waals surface area contributed by atoms with Gasteiger partial charge in [0.1, 0.15) is 0 Å². The molecule has 25 heavy (non-hydrogen) atoms. The molecule has 6 heteroatoms. The van der Waals surface area contributed by atoms with Crippen LogP contribution in [-0.4, -0.2) is 38.4 Å². The minimum absolute atomic E-state index is 0.0263. The molecular weight excluding hydrogens is 336 g/mol. The van der Waals surface area contributed by atoms with Crippen LogP contribution in [0.3, 0.4) is 0 Å². The van der Waals surface area contributed by atoms with E-state index in [-0.39, 0.29) is 23.4 Å². The van der Waals surface area contributed by atoms with Crippen LogP contribution in [-0.2, 0) is 21.2 Å². The Kier molecular flexibility index (Phi) is 7.44. The maximum atomic E-state index is 12.4. The lowest BCUT2D eigenvalue weighted by atomic mass is 10.1. The highest BCUT2D eigenvalue weighted by molar-refractivity contribution is 7.89. The van der Waals surface area contributed by atoms with Crippen molar-refractivity contribution in [3.05, 3.63) is 29.8 Å². The fourth-order valence-electron chi connectivity index (χ4n) is 3.45. The molecule has 0 radical (unpaired) electrons. The van der Waals surface area contributed by atoms with Gasteiger partial charge in [-0.05, 0) is 37.0 Å². The van der Waals surface area contributed by atoms with Gasteiger partial charge in [0.05, 0.1) is 4.90 Å². The van der Waals surface area contributed by atoms with Gasteiger partial charge < -0.3 is 4.90 Å². The third-order valence-corrected chi connectivity index (χ3v) is 6.43. The highest BCUT2D eigenvalue weighted by atomic mass is 32.2. The van der Waals surface area contributed by atoms with Gasteiger partial charge in [-0.2, -0.15) is 0 Å². The molecule has 1 N–H and O–H groups in total. The Morgan fingerprint density at radius 2 is 1.72 bits per heavy atom. The number of sulfonamides is 1. The van der Waals surface area contributed by atoms with E-state index in [1.807, 2.05) is 24.0 Å². The number of nitrogens with one attached hydrogen (secondary N) is 1. The predicted molar refractivity (Wildman–Crippen MR) is 99.9 cm³/mol. The molecule has 1 aliphatic carbocycles. The molecule has 5 nitrogen and oxygen atoms in total. The molecule has 1 amide bonds.